The SMILES string of the molecule is CCCCCCC1(CCCCCC)Oc2cc(OC)sc2-c2sc(-c3ccc(N(C)CCO[Si](c4ccccc4)(c4ccccc4)C(C)(C)C)cc3)cc21. The number of nitrogens with zero attached hydrogens (tertiary/aromatic N) is 1. The van der Waals surface area contributed by atoms with Gasteiger partial charge in [-0.05, 0) is 64.9 Å². The summed E-state index contributed by atoms with van der Waals surface area (Å²) in [6.07, 6.45) is 12.0. The maximum atomic E-state index is 7.22. The lowest BCUT2D eigenvalue weighted by Gasteiger charge is -2.43. The van der Waals surface area contributed by atoms with E-state index in [1.54, 1.807) is 18.4 Å². The predicted octanol–water partition coefficient (Wildman–Crippen LogP) is 12.7. The van der Waals surface area contributed by atoms with Crippen LogP contribution in [0.15, 0.2) is 97.1 Å². The van der Waals surface area contributed by atoms with Gasteiger partial charge in [-0.25, -0.2) is 0 Å². The van der Waals surface area contributed by atoms with Crippen molar-refractivity contribution in [2.24, 2.45) is 0 Å². The standard InChI is InChI=1S/C47H61NO3S2Si/c1-8-10-12-20-30-47(31-21-13-11-9-2)40-34-42(52-44(40)45-41(51-47)35-43(49-7)53-45)36-26-28-37(29-27-36)48(6)32-33-50-54(46(3,4)5,38-22-16-14-17-23-38)39-24-18-15-19-25-39/h14-19,22-29,34-35H,8-13,20-21,30-33H2,1-7H3. The highest BCUT2D eigenvalue weighted by Gasteiger charge is 2.50. The van der Waals surface area contributed by atoms with E-state index in [2.05, 4.69) is 144 Å². The number of rotatable bonds is 19. The average molecular weight is 780 g/mol. The zero-order valence-electron chi connectivity index (χ0n) is 33.7. The Kier molecular flexibility index (Phi) is 13.5. The highest BCUT2D eigenvalue weighted by Crippen LogP contribution is 2.58. The molecule has 288 valence electrons. The van der Waals surface area contributed by atoms with Crippen LogP contribution in [0.5, 0.6) is 10.8 Å². The molecule has 0 saturated heterocycles. The maximum Gasteiger partial charge on any atom is 0.261 e. The van der Waals surface area contributed by atoms with Crippen molar-refractivity contribution in [2.45, 2.75) is 109 Å². The molecule has 0 amide bonds. The zero-order valence-corrected chi connectivity index (χ0v) is 36.3. The average Bonchev–Trinajstić information content (AvgIpc) is 3.82. The van der Waals surface area contributed by atoms with Gasteiger partial charge in [0.05, 0.1) is 23.5 Å². The number of hydrogen-bond donors (Lipinski definition) is 0. The smallest absolute Gasteiger partial charge is 0.261 e. The Bertz CT molecular complexity index is 1840. The van der Waals surface area contributed by atoms with E-state index in [9.17, 15) is 0 Å². The van der Waals surface area contributed by atoms with Crippen LogP contribution >= 0.6 is 22.7 Å². The van der Waals surface area contributed by atoms with Crippen LogP contribution in [0.1, 0.15) is 104 Å². The molecule has 3 aromatic carbocycles. The minimum atomic E-state index is -2.58. The lowest BCUT2D eigenvalue weighted by atomic mass is 9.81. The van der Waals surface area contributed by atoms with Crippen LogP contribution in [0, 0.1) is 0 Å². The Hall–Kier alpha value is -3.36. The molecule has 1 aliphatic rings. The van der Waals surface area contributed by atoms with E-state index >= 15 is 0 Å². The minimum absolute atomic E-state index is 0.0432. The molecule has 0 spiro atoms. The van der Waals surface area contributed by atoms with Gasteiger partial charge in [0.15, 0.2) is 5.06 Å². The van der Waals surface area contributed by atoms with Crippen LogP contribution in [0.25, 0.3) is 20.2 Å². The number of hydrogen-bond acceptors (Lipinski definition) is 6. The topological polar surface area (TPSA) is 30.9 Å². The second-order valence-electron chi connectivity index (χ2n) is 16.0. The lowest BCUT2D eigenvalue weighted by Crippen LogP contribution is -2.67. The van der Waals surface area contributed by atoms with E-state index in [-0.39, 0.29) is 10.6 Å². The van der Waals surface area contributed by atoms with Gasteiger partial charge in [0.1, 0.15) is 11.4 Å². The third-order valence-electron chi connectivity index (χ3n) is 11.2. The summed E-state index contributed by atoms with van der Waals surface area (Å²) in [6, 6.07) is 35.6. The molecule has 0 N–H and O–H groups in total. The molecular formula is C47H61NO3S2Si. The van der Waals surface area contributed by atoms with Crippen LogP contribution < -0.4 is 24.7 Å². The molecule has 6 rings (SSSR count). The summed E-state index contributed by atoms with van der Waals surface area (Å²) in [5, 5.41) is 3.51. The summed E-state index contributed by atoms with van der Waals surface area (Å²) in [4.78, 5) is 6.22. The molecule has 2 aromatic heterocycles. The lowest BCUT2D eigenvalue weighted by molar-refractivity contribution is 0.0397. The second kappa shape index (κ2) is 18.1. The van der Waals surface area contributed by atoms with Crippen molar-refractivity contribution in [1.29, 1.82) is 0 Å². The molecule has 1 aliphatic heterocycles. The Morgan fingerprint density at radius 1 is 0.722 bits per heavy atom. The second-order valence-corrected chi connectivity index (χ2v) is 22.4. The largest absolute Gasteiger partial charge is 0.487 e. The van der Waals surface area contributed by atoms with E-state index in [0.717, 1.165) is 30.2 Å². The normalized spacial score (nSPS) is 13.6. The summed E-state index contributed by atoms with van der Waals surface area (Å²) >= 11 is 3.63. The monoisotopic (exact) mass is 779 g/mol. The third-order valence-corrected chi connectivity index (χ3v) is 18.7. The van der Waals surface area contributed by atoms with Crippen LogP contribution in [0.4, 0.5) is 5.69 Å². The summed E-state index contributed by atoms with van der Waals surface area (Å²) in [5.74, 6) is 1.00. The van der Waals surface area contributed by atoms with E-state index < -0.39 is 8.32 Å². The number of anilines is 1. The number of benzene rings is 3. The molecule has 3 heterocycles. The van der Waals surface area contributed by atoms with Crippen molar-refractivity contribution < 1.29 is 13.9 Å². The van der Waals surface area contributed by atoms with Crippen LogP contribution in [-0.4, -0.2) is 35.6 Å². The first kappa shape index (κ1) is 40.3. The first-order valence-electron chi connectivity index (χ1n) is 20.2. The molecule has 7 heteroatoms. The Morgan fingerprint density at radius 3 is 1.85 bits per heavy atom. The molecule has 0 fully saturated rings. The maximum absolute atomic E-state index is 7.22. The molecule has 0 atom stereocenters. The molecule has 4 nitrogen and oxygen atoms in total. The molecule has 0 radical (unpaired) electrons. The van der Waals surface area contributed by atoms with Gasteiger partial charge < -0.3 is 18.8 Å². The summed E-state index contributed by atoms with van der Waals surface area (Å²) in [5.41, 5.74) is 3.54. The highest BCUT2D eigenvalue weighted by molar-refractivity contribution is 7.25. The summed E-state index contributed by atoms with van der Waals surface area (Å²) < 4.78 is 20.1. The van der Waals surface area contributed by atoms with Gasteiger partial charge in [0.2, 0.25) is 0 Å². The van der Waals surface area contributed by atoms with Crippen LogP contribution in [0.3, 0.4) is 0 Å². The molecule has 54 heavy (non-hydrogen) atoms. The van der Waals surface area contributed by atoms with Gasteiger partial charge in [-0.15, -0.1) is 11.3 Å². The first-order chi connectivity index (χ1) is 26.2. The van der Waals surface area contributed by atoms with Crippen molar-refractivity contribution in [3.8, 4) is 31.0 Å². The number of likely N-dealkylation sites (N-methyl/N-ethyl adjacent to an activating group) is 1. The predicted molar refractivity (Wildman–Crippen MR) is 236 cm³/mol. The van der Waals surface area contributed by atoms with Gasteiger partial charge >= 0.3 is 0 Å². The number of methoxy groups -OCH3 is 1. The molecule has 0 bridgehead atoms. The summed E-state index contributed by atoms with van der Waals surface area (Å²) in [6.45, 7) is 13.1. The quantitative estimate of drug-likeness (QED) is 0.0617. The van der Waals surface area contributed by atoms with Gasteiger partial charge in [-0.1, -0.05) is 157 Å². The van der Waals surface area contributed by atoms with Crippen LogP contribution in [0.2, 0.25) is 5.04 Å². The molecular weight excluding hydrogens is 719 g/mol. The number of ether oxygens (including phenoxy) is 2. The number of thiophene rings is 2. The van der Waals surface area contributed by atoms with Gasteiger partial charge in [-0.2, -0.15) is 0 Å². The van der Waals surface area contributed by atoms with E-state index in [1.165, 1.54) is 93.2 Å². The Labute approximate surface area is 334 Å². The highest BCUT2D eigenvalue weighted by atomic mass is 32.1. The number of fused-ring (bicyclic) bond motifs is 3. The van der Waals surface area contributed by atoms with Gasteiger partial charge in [-0.3, -0.25) is 0 Å². The van der Waals surface area contributed by atoms with Crippen molar-refractivity contribution in [2.75, 3.05) is 32.2 Å². The Balaban J connectivity index is 1.24. The van der Waals surface area contributed by atoms with E-state index in [1.807, 2.05) is 11.3 Å². The van der Waals surface area contributed by atoms with E-state index in [0.29, 0.717) is 6.61 Å². The summed E-state index contributed by atoms with van der Waals surface area (Å²) in [7, 11) is 1.37. The fourth-order valence-electron chi connectivity index (χ4n) is 8.27. The van der Waals surface area contributed by atoms with Gasteiger partial charge in [0.25, 0.3) is 8.32 Å². The zero-order chi connectivity index (χ0) is 38.2. The Morgan fingerprint density at radius 2 is 1.31 bits per heavy atom. The molecule has 0 unspecified atom stereocenters. The molecule has 5 aromatic rings. The number of unbranched alkanes of at least 4 members (excludes halogenated alkanes) is 6. The molecule has 0 aliphatic carbocycles. The third kappa shape index (κ3) is 8.55. The van der Waals surface area contributed by atoms with Crippen molar-refractivity contribution in [3.05, 3.63) is 103 Å². The fourth-order valence-corrected chi connectivity index (χ4v) is 15.1. The van der Waals surface area contributed by atoms with Crippen molar-refractivity contribution in [3.63, 3.8) is 0 Å². The molecule has 0 saturated carbocycles. The van der Waals surface area contributed by atoms with E-state index in [4.69, 9.17) is 13.9 Å². The first-order valence-corrected chi connectivity index (χ1v) is 23.8. The van der Waals surface area contributed by atoms with Crippen molar-refractivity contribution in [1.82, 2.24) is 0 Å². The fraction of sp³-hybridized carbons (Fsp3) is 0.447. The van der Waals surface area contributed by atoms with Crippen LogP contribution in [-0.2, 0) is 10.0 Å². The minimum Gasteiger partial charge on any atom is -0.487 e. The van der Waals surface area contributed by atoms with Crippen molar-refractivity contribution >= 4 is 47.1 Å². The van der Waals surface area contributed by atoms with Gasteiger partial charge in [0, 0.05) is 35.8 Å².